The van der Waals surface area contributed by atoms with Crippen molar-refractivity contribution in [2.24, 2.45) is 5.73 Å². The van der Waals surface area contributed by atoms with Crippen LogP contribution in [0.3, 0.4) is 0 Å². The number of nitrogens with two attached hydrogens (primary N) is 1. The number of thioether (sulfide) groups is 1. The molecular formula is C14H33N3S. The van der Waals surface area contributed by atoms with E-state index in [4.69, 9.17) is 5.73 Å². The van der Waals surface area contributed by atoms with Crippen molar-refractivity contribution in [2.45, 2.75) is 39.7 Å². The van der Waals surface area contributed by atoms with Gasteiger partial charge in [-0.1, -0.05) is 20.8 Å². The number of rotatable bonds is 12. The molecule has 18 heavy (non-hydrogen) atoms. The van der Waals surface area contributed by atoms with Crippen molar-refractivity contribution in [1.29, 1.82) is 0 Å². The van der Waals surface area contributed by atoms with Gasteiger partial charge in [0, 0.05) is 12.6 Å². The summed E-state index contributed by atoms with van der Waals surface area (Å²) < 4.78 is 0. The number of hydrogen-bond acceptors (Lipinski definition) is 4. The highest BCUT2D eigenvalue weighted by atomic mass is 32.2. The minimum Gasteiger partial charge on any atom is -0.329 e. The first kappa shape index (κ1) is 18.2. The SMILES string of the molecule is CCN(CC)CCCN(CC)C(CN)CCSC. The average molecular weight is 276 g/mol. The van der Waals surface area contributed by atoms with E-state index >= 15 is 0 Å². The van der Waals surface area contributed by atoms with Gasteiger partial charge in [-0.15, -0.1) is 0 Å². The van der Waals surface area contributed by atoms with Gasteiger partial charge in [0.2, 0.25) is 0 Å². The van der Waals surface area contributed by atoms with E-state index in [-0.39, 0.29) is 0 Å². The predicted molar refractivity (Wildman–Crippen MR) is 85.5 cm³/mol. The molecule has 0 aliphatic carbocycles. The lowest BCUT2D eigenvalue weighted by Crippen LogP contribution is -2.42. The lowest BCUT2D eigenvalue weighted by Gasteiger charge is -2.30. The van der Waals surface area contributed by atoms with E-state index < -0.39 is 0 Å². The van der Waals surface area contributed by atoms with Crippen LogP contribution >= 0.6 is 11.8 Å². The van der Waals surface area contributed by atoms with Gasteiger partial charge >= 0.3 is 0 Å². The van der Waals surface area contributed by atoms with E-state index in [1.165, 1.54) is 31.7 Å². The van der Waals surface area contributed by atoms with Gasteiger partial charge in [0.05, 0.1) is 0 Å². The van der Waals surface area contributed by atoms with Crippen LogP contribution < -0.4 is 5.73 Å². The molecule has 0 heterocycles. The Kier molecular flexibility index (Phi) is 12.4. The molecule has 3 nitrogen and oxygen atoms in total. The van der Waals surface area contributed by atoms with Crippen molar-refractivity contribution in [3.8, 4) is 0 Å². The molecule has 0 amide bonds. The Morgan fingerprint density at radius 3 is 2.17 bits per heavy atom. The maximum Gasteiger partial charge on any atom is 0.0226 e. The standard InChI is InChI=1S/C14H33N3S/c1-5-16(6-2)10-8-11-17(7-3)14(13-15)9-12-18-4/h14H,5-13,15H2,1-4H3. The minimum absolute atomic E-state index is 0.569. The van der Waals surface area contributed by atoms with Gasteiger partial charge in [-0.3, -0.25) is 4.90 Å². The Morgan fingerprint density at radius 2 is 1.72 bits per heavy atom. The molecule has 0 radical (unpaired) electrons. The molecular weight excluding hydrogens is 242 g/mol. The molecule has 0 saturated heterocycles. The Balaban J connectivity index is 3.99. The quantitative estimate of drug-likeness (QED) is 0.591. The molecule has 0 aromatic rings. The summed E-state index contributed by atoms with van der Waals surface area (Å²) in [5, 5.41) is 0. The van der Waals surface area contributed by atoms with E-state index in [1.54, 1.807) is 0 Å². The summed E-state index contributed by atoms with van der Waals surface area (Å²) in [6.07, 6.45) is 4.65. The normalized spacial score (nSPS) is 13.5. The molecule has 110 valence electrons. The van der Waals surface area contributed by atoms with Gasteiger partial charge < -0.3 is 10.6 Å². The zero-order valence-corrected chi connectivity index (χ0v) is 13.6. The summed E-state index contributed by atoms with van der Waals surface area (Å²) in [4.78, 5) is 5.05. The van der Waals surface area contributed by atoms with Crippen LogP contribution in [0.5, 0.6) is 0 Å². The molecule has 4 heteroatoms. The van der Waals surface area contributed by atoms with Gasteiger partial charge in [-0.2, -0.15) is 11.8 Å². The third kappa shape index (κ3) is 7.62. The maximum absolute atomic E-state index is 5.91. The molecule has 0 aliphatic rings. The van der Waals surface area contributed by atoms with Crippen LogP contribution in [0.2, 0.25) is 0 Å². The first-order chi connectivity index (χ1) is 8.73. The lowest BCUT2D eigenvalue weighted by molar-refractivity contribution is 0.189. The highest BCUT2D eigenvalue weighted by Gasteiger charge is 2.14. The zero-order valence-electron chi connectivity index (χ0n) is 12.8. The molecule has 0 saturated carbocycles. The van der Waals surface area contributed by atoms with E-state index in [1.807, 2.05) is 11.8 Å². The molecule has 2 N–H and O–H groups in total. The molecule has 1 atom stereocenters. The Bertz CT molecular complexity index is 174. The summed E-state index contributed by atoms with van der Waals surface area (Å²) in [6, 6.07) is 0.569. The Hall–Kier alpha value is 0.230. The average Bonchev–Trinajstić information content (AvgIpc) is 2.41. The van der Waals surface area contributed by atoms with Crippen molar-refractivity contribution in [3.05, 3.63) is 0 Å². The number of nitrogens with zero attached hydrogens (tertiary/aromatic N) is 2. The van der Waals surface area contributed by atoms with E-state index in [9.17, 15) is 0 Å². The summed E-state index contributed by atoms with van der Waals surface area (Å²) in [7, 11) is 0. The van der Waals surface area contributed by atoms with Gasteiger partial charge in [0.25, 0.3) is 0 Å². The highest BCUT2D eigenvalue weighted by Crippen LogP contribution is 2.08. The van der Waals surface area contributed by atoms with Crippen LogP contribution in [-0.4, -0.2) is 67.1 Å². The van der Waals surface area contributed by atoms with Crippen molar-refractivity contribution in [3.63, 3.8) is 0 Å². The van der Waals surface area contributed by atoms with Gasteiger partial charge in [0.15, 0.2) is 0 Å². The fourth-order valence-corrected chi connectivity index (χ4v) is 2.85. The zero-order chi connectivity index (χ0) is 13.8. The van der Waals surface area contributed by atoms with Crippen LogP contribution in [0.1, 0.15) is 33.6 Å². The second kappa shape index (κ2) is 12.3. The molecule has 0 fully saturated rings. The Morgan fingerprint density at radius 1 is 1.06 bits per heavy atom. The molecule has 0 bridgehead atoms. The third-order valence-electron chi connectivity index (χ3n) is 3.66. The molecule has 0 aromatic heterocycles. The lowest BCUT2D eigenvalue weighted by atomic mass is 10.2. The van der Waals surface area contributed by atoms with Crippen LogP contribution in [0.4, 0.5) is 0 Å². The summed E-state index contributed by atoms with van der Waals surface area (Å²) in [5.41, 5.74) is 5.91. The first-order valence-electron chi connectivity index (χ1n) is 7.38. The topological polar surface area (TPSA) is 32.5 Å². The summed E-state index contributed by atoms with van der Waals surface area (Å²) in [6.45, 7) is 13.4. The molecule has 0 aromatic carbocycles. The van der Waals surface area contributed by atoms with Crippen LogP contribution in [0.25, 0.3) is 0 Å². The van der Waals surface area contributed by atoms with E-state index in [2.05, 4.69) is 36.8 Å². The predicted octanol–water partition coefficient (Wildman–Crippen LogP) is 2.12. The molecule has 0 spiro atoms. The fraction of sp³-hybridized carbons (Fsp3) is 1.00. The van der Waals surface area contributed by atoms with Crippen molar-refractivity contribution in [1.82, 2.24) is 9.80 Å². The van der Waals surface area contributed by atoms with Gasteiger partial charge in [-0.05, 0) is 57.6 Å². The highest BCUT2D eigenvalue weighted by molar-refractivity contribution is 7.98. The van der Waals surface area contributed by atoms with Crippen molar-refractivity contribution >= 4 is 11.8 Å². The summed E-state index contributed by atoms with van der Waals surface area (Å²) in [5.74, 6) is 1.22. The Labute approximate surface area is 118 Å². The van der Waals surface area contributed by atoms with Crippen LogP contribution in [0.15, 0.2) is 0 Å². The third-order valence-corrected chi connectivity index (χ3v) is 4.31. The van der Waals surface area contributed by atoms with Gasteiger partial charge in [0.1, 0.15) is 0 Å². The van der Waals surface area contributed by atoms with Gasteiger partial charge in [-0.25, -0.2) is 0 Å². The smallest absolute Gasteiger partial charge is 0.0226 e. The molecule has 1 unspecified atom stereocenters. The first-order valence-corrected chi connectivity index (χ1v) is 8.78. The van der Waals surface area contributed by atoms with Crippen molar-refractivity contribution in [2.75, 3.05) is 51.3 Å². The van der Waals surface area contributed by atoms with Crippen molar-refractivity contribution < 1.29 is 0 Å². The summed E-state index contributed by atoms with van der Waals surface area (Å²) >= 11 is 1.92. The number of hydrogen-bond donors (Lipinski definition) is 1. The van der Waals surface area contributed by atoms with Crippen LogP contribution in [0, 0.1) is 0 Å². The monoisotopic (exact) mass is 275 g/mol. The van der Waals surface area contributed by atoms with E-state index in [0.29, 0.717) is 6.04 Å². The number of likely N-dealkylation sites (N-methyl/N-ethyl adjacent to an activating group) is 1. The maximum atomic E-state index is 5.91. The molecule has 0 aliphatic heterocycles. The second-order valence-corrected chi connectivity index (χ2v) is 5.67. The minimum atomic E-state index is 0.569. The largest absolute Gasteiger partial charge is 0.329 e. The van der Waals surface area contributed by atoms with E-state index in [0.717, 1.165) is 26.2 Å². The second-order valence-electron chi connectivity index (χ2n) is 4.68. The molecule has 0 rings (SSSR count). The van der Waals surface area contributed by atoms with Crippen LogP contribution in [-0.2, 0) is 0 Å². The fourth-order valence-electron chi connectivity index (χ4n) is 2.34.